The number of halogens is 1. The molecule has 25 heavy (non-hydrogen) atoms. The van der Waals surface area contributed by atoms with Gasteiger partial charge in [-0.15, -0.1) is 10.2 Å². The lowest BCUT2D eigenvalue weighted by Crippen LogP contribution is -2.34. The Hall–Kier alpha value is -2.67. The minimum Gasteiger partial charge on any atom is -0.282 e. The number of rotatable bonds is 5. The van der Waals surface area contributed by atoms with Gasteiger partial charge in [-0.2, -0.15) is 0 Å². The standard InChI is InChI=1S/C18H17FN4OS/c1-12(2)11-23(17(24)13-5-3-7-15(19)9-13)18-22-21-16(25-18)14-6-4-8-20-10-14/h3-10,12H,11H2,1-2H3. The van der Waals surface area contributed by atoms with Crippen molar-refractivity contribution in [3.63, 3.8) is 0 Å². The third-order valence-electron chi connectivity index (χ3n) is 3.42. The Bertz CT molecular complexity index is 866. The minimum atomic E-state index is -0.441. The molecule has 0 saturated carbocycles. The Kier molecular flexibility index (Phi) is 5.14. The summed E-state index contributed by atoms with van der Waals surface area (Å²) in [5, 5.41) is 9.51. The first-order valence-electron chi connectivity index (χ1n) is 7.86. The van der Waals surface area contributed by atoms with Crippen LogP contribution in [0.2, 0.25) is 0 Å². The molecule has 1 amide bonds. The van der Waals surface area contributed by atoms with Crippen molar-refractivity contribution < 1.29 is 9.18 Å². The summed E-state index contributed by atoms with van der Waals surface area (Å²) in [6.45, 7) is 4.49. The number of aromatic nitrogens is 3. The predicted octanol–water partition coefficient (Wildman–Crippen LogP) is 4.04. The average molecular weight is 356 g/mol. The number of carbonyl (C=O) groups excluding carboxylic acids is 1. The monoisotopic (exact) mass is 356 g/mol. The normalized spacial score (nSPS) is 10.9. The van der Waals surface area contributed by atoms with E-state index in [0.717, 1.165) is 5.56 Å². The molecule has 0 aliphatic carbocycles. The number of nitrogens with zero attached hydrogens (tertiary/aromatic N) is 4. The largest absolute Gasteiger partial charge is 0.282 e. The molecule has 7 heteroatoms. The molecule has 0 aliphatic heterocycles. The second kappa shape index (κ2) is 7.48. The second-order valence-corrected chi connectivity index (χ2v) is 6.91. The summed E-state index contributed by atoms with van der Waals surface area (Å²) in [6.07, 6.45) is 3.38. The van der Waals surface area contributed by atoms with Gasteiger partial charge in [-0.05, 0) is 36.2 Å². The van der Waals surface area contributed by atoms with Crippen molar-refractivity contribution in [3.05, 3.63) is 60.2 Å². The molecule has 128 valence electrons. The zero-order valence-corrected chi connectivity index (χ0v) is 14.7. The number of amides is 1. The molecular formula is C18H17FN4OS. The van der Waals surface area contributed by atoms with Crippen molar-refractivity contribution in [3.8, 4) is 10.6 Å². The highest BCUT2D eigenvalue weighted by Crippen LogP contribution is 2.29. The van der Waals surface area contributed by atoms with Crippen LogP contribution in [-0.2, 0) is 0 Å². The van der Waals surface area contributed by atoms with Gasteiger partial charge in [0.15, 0.2) is 5.01 Å². The molecule has 3 aromatic rings. The van der Waals surface area contributed by atoms with Crippen LogP contribution in [0.25, 0.3) is 10.6 Å². The summed E-state index contributed by atoms with van der Waals surface area (Å²) in [4.78, 5) is 18.5. The molecule has 0 aliphatic rings. The maximum absolute atomic E-state index is 13.5. The number of benzene rings is 1. The number of hydrogen-bond donors (Lipinski definition) is 0. The Balaban J connectivity index is 1.94. The molecule has 0 saturated heterocycles. The Morgan fingerprint density at radius 2 is 2.08 bits per heavy atom. The highest BCUT2D eigenvalue weighted by atomic mass is 32.1. The van der Waals surface area contributed by atoms with Gasteiger partial charge in [-0.1, -0.05) is 31.3 Å². The van der Waals surface area contributed by atoms with Gasteiger partial charge in [0.2, 0.25) is 5.13 Å². The lowest BCUT2D eigenvalue weighted by atomic mass is 10.1. The van der Waals surface area contributed by atoms with E-state index >= 15 is 0 Å². The van der Waals surface area contributed by atoms with E-state index in [0.29, 0.717) is 22.2 Å². The summed E-state index contributed by atoms with van der Waals surface area (Å²) >= 11 is 1.31. The van der Waals surface area contributed by atoms with E-state index in [4.69, 9.17) is 0 Å². The quantitative estimate of drug-likeness (QED) is 0.692. The van der Waals surface area contributed by atoms with Gasteiger partial charge in [0.1, 0.15) is 5.82 Å². The molecular weight excluding hydrogens is 339 g/mol. The number of hydrogen-bond acceptors (Lipinski definition) is 5. The van der Waals surface area contributed by atoms with Gasteiger partial charge in [0.05, 0.1) is 0 Å². The molecule has 1 aromatic carbocycles. The van der Waals surface area contributed by atoms with E-state index < -0.39 is 5.82 Å². The van der Waals surface area contributed by atoms with Crippen molar-refractivity contribution in [2.45, 2.75) is 13.8 Å². The van der Waals surface area contributed by atoms with Gasteiger partial charge in [0, 0.05) is 30.1 Å². The van der Waals surface area contributed by atoms with Crippen molar-refractivity contribution in [2.24, 2.45) is 5.92 Å². The topological polar surface area (TPSA) is 59.0 Å². The smallest absolute Gasteiger partial charge is 0.260 e. The first-order valence-corrected chi connectivity index (χ1v) is 8.67. The van der Waals surface area contributed by atoms with Crippen LogP contribution < -0.4 is 4.90 Å². The number of pyridine rings is 1. The van der Waals surface area contributed by atoms with Crippen LogP contribution in [0.3, 0.4) is 0 Å². The van der Waals surface area contributed by atoms with Crippen molar-refractivity contribution in [1.82, 2.24) is 15.2 Å². The highest BCUT2D eigenvalue weighted by molar-refractivity contribution is 7.18. The van der Waals surface area contributed by atoms with Crippen molar-refractivity contribution in [1.29, 1.82) is 0 Å². The summed E-state index contributed by atoms with van der Waals surface area (Å²) in [5.74, 6) is -0.506. The minimum absolute atomic E-state index is 0.225. The number of anilines is 1. The van der Waals surface area contributed by atoms with E-state index in [1.165, 1.54) is 29.5 Å². The van der Waals surface area contributed by atoms with Crippen molar-refractivity contribution in [2.75, 3.05) is 11.4 Å². The fourth-order valence-corrected chi connectivity index (χ4v) is 3.16. The molecule has 0 radical (unpaired) electrons. The second-order valence-electron chi connectivity index (χ2n) is 5.95. The molecule has 0 N–H and O–H groups in total. The highest BCUT2D eigenvalue weighted by Gasteiger charge is 2.23. The molecule has 2 heterocycles. The van der Waals surface area contributed by atoms with E-state index in [1.807, 2.05) is 26.0 Å². The van der Waals surface area contributed by atoms with E-state index in [-0.39, 0.29) is 11.8 Å². The van der Waals surface area contributed by atoms with Crippen molar-refractivity contribution >= 4 is 22.4 Å². The SMILES string of the molecule is CC(C)CN(C(=O)c1cccc(F)c1)c1nnc(-c2cccnc2)s1. The van der Waals surface area contributed by atoms with Crippen LogP contribution in [0.5, 0.6) is 0 Å². The first kappa shape index (κ1) is 17.2. The molecule has 0 spiro atoms. The van der Waals surface area contributed by atoms with Crippen LogP contribution >= 0.6 is 11.3 Å². The molecule has 0 fully saturated rings. The third kappa shape index (κ3) is 4.06. The molecule has 5 nitrogen and oxygen atoms in total. The van der Waals surface area contributed by atoms with E-state index in [2.05, 4.69) is 15.2 Å². The van der Waals surface area contributed by atoms with E-state index in [9.17, 15) is 9.18 Å². The number of carbonyl (C=O) groups is 1. The fraction of sp³-hybridized carbons (Fsp3) is 0.222. The third-order valence-corrected chi connectivity index (χ3v) is 4.41. The molecule has 2 aromatic heterocycles. The van der Waals surface area contributed by atoms with Crippen LogP contribution in [0.4, 0.5) is 9.52 Å². The molecule has 0 atom stereocenters. The fourth-order valence-electron chi connectivity index (χ4n) is 2.32. The predicted molar refractivity (Wildman–Crippen MR) is 96.1 cm³/mol. The van der Waals surface area contributed by atoms with Crippen LogP contribution in [0, 0.1) is 11.7 Å². The Labute approximate surface area is 149 Å². The zero-order chi connectivity index (χ0) is 17.8. The average Bonchev–Trinajstić information content (AvgIpc) is 3.09. The van der Waals surface area contributed by atoms with Gasteiger partial charge in [-0.25, -0.2) is 4.39 Å². The maximum Gasteiger partial charge on any atom is 0.260 e. The summed E-state index contributed by atoms with van der Waals surface area (Å²) in [5.41, 5.74) is 1.13. The summed E-state index contributed by atoms with van der Waals surface area (Å²) in [7, 11) is 0. The summed E-state index contributed by atoms with van der Waals surface area (Å²) < 4.78 is 13.5. The van der Waals surface area contributed by atoms with E-state index in [1.54, 1.807) is 23.4 Å². The van der Waals surface area contributed by atoms with Crippen LogP contribution in [-0.4, -0.2) is 27.6 Å². The molecule has 3 rings (SSSR count). The first-order chi connectivity index (χ1) is 12.0. The molecule has 0 bridgehead atoms. The van der Waals surface area contributed by atoms with Gasteiger partial charge >= 0.3 is 0 Å². The van der Waals surface area contributed by atoms with Crippen LogP contribution in [0.15, 0.2) is 48.8 Å². The lowest BCUT2D eigenvalue weighted by molar-refractivity contribution is 0.0983. The van der Waals surface area contributed by atoms with Gasteiger partial charge < -0.3 is 0 Å². The lowest BCUT2D eigenvalue weighted by Gasteiger charge is -2.21. The van der Waals surface area contributed by atoms with Crippen LogP contribution in [0.1, 0.15) is 24.2 Å². The van der Waals surface area contributed by atoms with Gasteiger partial charge in [0.25, 0.3) is 5.91 Å². The Morgan fingerprint density at radius 3 is 2.76 bits per heavy atom. The maximum atomic E-state index is 13.5. The Morgan fingerprint density at radius 1 is 1.24 bits per heavy atom. The van der Waals surface area contributed by atoms with Gasteiger partial charge in [-0.3, -0.25) is 14.7 Å². The zero-order valence-electron chi connectivity index (χ0n) is 13.9. The summed E-state index contributed by atoms with van der Waals surface area (Å²) in [6, 6.07) is 9.38. The molecule has 0 unspecified atom stereocenters.